The van der Waals surface area contributed by atoms with E-state index in [1.165, 1.54) is 25.7 Å². The van der Waals surface area contributed by atoms with Crippen LogP contribution in [0.3, 0.4) is 0 Å². The van der Waals surface area contributed by atoms with Crippen molar-refractivity contribution in [2.24, 2.45) is 5.92 Å². The van der Waals surface area contributed by atoms with Gasteiger partial charge in [0.2, 0.25) is 0 Å². The molecule has 1 N–H and O–H groups in total. The SMILES string of the molecule is CCCCCCC#C[C@@]1(O)CCC[C@H]1C. The summed E-state index contributed by atoms with van der Waals surface area (Å²) in [6.45, 7) is 4.33. The molecule has 1 aliphatic carbocycles. The molecule has 1 rings (SSSR count). The lowest BCUT2D eigenvalue weighted by atomic mass is 9.93. The summed E-state index contributed by atoms with van der Waals surface area (Å²) in [5.74, 6) is 6.61. The van der Waals surface area contributed by atoms with Gasteiger partial charge < -0.3 is 5.11 Å². The second-order valence-corrected chi connectivity index (χ2v) is 4.83. The van der Waals surface area contributed by atoms with Crippen LogP contribution in [0.5, 0.6) is 0 Å². The third-order valence-electron chi connectivity index (χ3n) is 3.47. The fourth-order valence-electron chi connectivity index (χ4n) is 2.20. The highest BCUT2D eigenvalue weighted by molar-refractivity contribution is 5.17. The smallest absolute Gasteiger partial charge is 0.128 e. The van der Waals surface area contributed by atoms with Crippen LogP contribution in [0.2, 0.25) is 0 Å². The molecule has 0 aromatic carbocycles. The monoisotopic (exact) mass is 208 g/mol. The maximum absolute atomic E-state index is 10.2. The Morgan fingerprint density at radius 1 is 1.33 bits per heavy atom. The molecular formula is C14H24O. The molecule has 0 radical (unpaired) electrons. The van der Waals surface area contributed by atoms with Crippen molar-refractivity contribution < 1.29 is 5.11 Å². The van der Waals surface area contributed by atoms with Gasteiger partial charge in [-0.1, -0.05) is 39.0 Å². The van der Waals surface area contributed by atoms with Gasteiger partial charge in [0.05, 0.1) is 0 Å². The molecule has 0 bridgehead atoms. The third-order valence-corrected chi connectivity index (χ3v) is 3.47. The Morgan fingerprint density at radius 2 is 2.13 bits per heavy atom. The molecule has 2 atom stereocenters. The standard InChI is InChI=1S/C14H24O/c1-3-4-5-6-7-8-11-14(15)12-9-10-13(14)2/h13,15H,3-7,9-10,12H2,1-2H3/t13-,14-/m1/s1. The van der Waals surface area contributed by atoms with Gasteiger partial charge in [0.15, 0.2) is 0 Å². The first-order valence-electron chi connectivity index (χ1n) is 6.41. The minimum absolute atomic E-state index is 0.362. The highest BCUT2D eigenvalue weighted by Crippen LogP contribution is 2.34. The summed E-state index contributed by atoms with van der Waals surface area (Å²) >= 11 is 0. The van der Waals surface area contributed by atoms with E-state index in [2.05, 4.69) is 25.7 Å². The number of aliphatic hydroxyl groups is 1. The number of rotatable bonds is 4. The summed E-state index contributed by atoms with van der Waals surface area (Å²) < 4.78 is 0. The lowest BCUT2D eigenvalue weighted by Crippen LogP contribution is -2.29. The van der Waals surface area contributed by atoms with Gasteiger partial charge in [0, 0.05) is 6.42 Å². The lowest BCUT2D eigenvalue weighted by molar-refractivity contribution is 0.0686. The van der Waals surface area contributed by atoms with Gasteiger partial charge in [0.25, 0.3) is 0 Å². The van der Waals surface area contributed by atoms with Crippen molar-refractivity contribution in [2.75, 3.05) is 0 Å². The van der Waals surface area contributed by atoms with Crippen LogP contribution in [0.15, 0.2) is 0 Å². The Labute approximate surface area is 94.3 Å². The van der Waals surface area contributed by atoms with E-state index in [0.717, 1.165) is 25.7 Å². The summed E-state index contributed by atoms with van der Waals surface area (Å²) in [7, 11) is 0. The fourth-order valence-corrected chi connectivity index (χ4v) is 2.20. The maximum Gasteiger partial charge on any atom is 0.128 e. The van der Waals surface area contributed by atoms with Crippen molar-refractivity contribution in [3.8, 4) is 11.8 Å². The molecule has 1 aliphatic rings. The average molecular weight is 208 g/mol. The van der Waals surface area contributed by atoms with E-state index in [4.69, 9.17) is 0 Å². The van der Waals surface area contributed by atoms with Crippen molar-refractivity contribution >= 4 is 0 Å². The molecule has 0 spiro atoms. The van der Waals surface area contributed by atoms with Gasteiger partial charge in [-0.25, -0.2) is 0 Å². The summed E-state index contributed by atoms with van der Waals surface area (Å²) in [4.78, 5) is 0. The zero-order chi connectivity index (χ0) is 11.1. The average Bonchev–Trinajstić information content (AvgIpc) is 2.54. The molecule has 15 heavy (non-hydrogen) atoms. The predicted molar refractivity (Wildman–Crippen MR) is 64.5 cm³/mol. The quantitative estimate of drug-likeness (QED) is 0.553. The van der Waals surface area contributed by atoms with E-state index in [-0.39, 0.29) is 0 Å². The minimum Gasteiger partial charge on any atom is -0.377 e. The van der Waals surface area contributed by atoms with Crippen LogP contribution >= 0.6 is 0 Å². The van der Waals surface area contributed by atoms with Crippen LogP contribution in [0.25, 0.3) is 0 Å². The van der Waals surface area contributed by atoms with Crippen molar-refractivity contribution in [1.29, 1.82) is 0 Å². The van der Waals surface area contributed by atoms with E-state index < -0.39 is 5.60 Å². The van der Waals surface area contributed by atoms with Crippen molar-refractivity contribution in [1.82, 2.24) is 0 Å². The Hall–Kier alpha value is -0.480. The molecular weight excluding hydrogens is 184 g/mol. The lowest BCUT2D eigenvalue weighted by Gasteiger charge is -2.20. The molecule has 0 saturated heterocycles. The van der Waals surface area contributed by atoms with Gasteiger partial charge >= 0.3 is 0 Å². The van der Waals surface area contributed by atoms with Crippen LogP contribution in [-0.4, -0.2) is 10.7 Å². The summed E-state index contributed by atoms with van der Waals surface area (Å²) in [6, 6.07) is 0. The number of unbranched alkanes of at least 4 members (excludes halogenated alkanes) is 4. The van der Waals surface area contributed by atoms with Crippen LogP contribution in [0.4, 0.5) is 0 Å². The number of hydrogen-bond acceptors (Lipinski definition) is 1. The van der Waals surface area contributed by atoms with Gasteiger partial charge in [0.1, 0.15) is 5.60 Å². The van der Waals surface area contributed by atoms with Crippen LogP contribution in [-0.2, 0) is 0 Å². The topological polar surface area (TPSA) is 20.2 Å². The van der Waals surface area contributed by atoms with E-state index in [9.17, 15) is 5.11 Å². The molecule has 0 aliphatic heterocycles. The Bertz CT molecular complexity index is 235. The predicted octanol–water partition coefficient (Wildman–Crippen LogP) is 3.51. The van der Waals surface area contributed by atoms with Gasteiger partial charge in [-0.05, 0) is 31.6 Å². The van der Waals surface area contributed by atoms with Crippen LogP contribution < -0.4 is 0 Å². The first-order chi connectivity index (χ1) is 7.19. The highest BCUT2D eigenvalue weighted by atomic mass is 16.3. The molecule has 1 heteroatoms. The summed E-state index contributed by atoms with van der Waals surface area (Å²) in [5, 5.41) is 10.2. The molecule has 0 aromatic heterocycles. The third kappa shape index (κ3) is 3.87. The Morgan fingerprint density at radius 3 is 2.73 bits per heavy atom. The van der Waals surface area contributed by atoms with Gasteiger partial charge in [-0.2, -0.15) is 0 Å². The van der Waals surface area contributed by atoms with E-state index in [1.54, 1.807) is 0 Å². The van der Waals surface area contributed by atoms with Gasteiger partial charge in [-0.15, -0.1) is 5.92 Å². The highest BCUT2D eigenvalue weighted by Gasteiger charge is 2.36. The molecule has 0 heterocycles. The first kappa shape index (κ1) is 12.6. The van der Waals surface area contributed by atoms with E-state index in [1.807, 2.05) is 0 Å². The van der Waals surface area contributed by atoms with Crippen LogP contribution in [0.1, 0.15) is 65.2 Å². The molecule has 0 unspecified atom stereocenters. The molecule has 1 fully saturated rings. The fraction of sp³-hybridized carbons (Fsp3) is 0.857. The molecule has 0 amide bonds. The van der Waals surface area contributed by atoms with Crippen LogP contribution in [0, 0.1) is 17.8 Å². The largest absolute Gasteiger partial charge is 0.377 e. The molecule has 0 aromatic rings. The zero-order valence-corrected chi connectivity index (χ0v) is 10.2. The Kier molecular flexibility index (Phi) is 5.19. The first-order valence-corrected chi connectivity index (χ1v) is 6.41. The normalized spacial score (nSPS) is 29.9. The zero-order valence-electron chi connectivity index (χ0n) is 10.2. The van der Waals surface area contributed by atoms with E-state index in [0.29, 0.717) is 5.92 Å². The molecule has 86 valence electrons. The van der Waals surface area contributed by atoms with Crippen molar-refractivity contribution in [3.63, 3.8) is 0 Å². The molecule has 1 nitrogen and oxygen atoms in total. The molecule has 1 saturated carbocycles. The van der Waals surface area contributed by atoms with Gasteiger partial charge in [-0.3, -0.25) is 0 Å². The van der Waals surface area contributed by atoms with Crippen molar-refractivity contribution in [2.45, 2.75) is 70.8 Å². The minimum atomic E-state index is -0.662. The Balaban J connectivity index is 2.24. The maximum atomic E-state index is 10.2. The van der Waals surface area contributed by atoms with Crippen molar-refractivity contribution in [3.05, 3.63) is 0 Å². The summed E-state index contributed by atoms with van der Waals surface area (Å²) in [6.07, 6.45) is 9.12. The second kappa shape index (κ2) is 6.18. The summed E-state index contributed by atoms with van der Waals surface area (Å²) in [5.41, 5.74) is -0.662. The number of hydrogen-bond donors (Lipinski definition) is 1. The second-order valence-electron chi connectivity index (χ2n) is 4.83. The van der Waals surface area contributed by atoms with E-state index >= 15 is 0 Å².